The van der Waals surface area contributed by atoms with E-state index < -0.39 is 0 Å². The van der Waals surface area contributed by atoms with Gasteiger partial charge in [0.15, 0.2) is 0 Å². The van der Waals surface area contributed by atoms with Crippen LogP contribution in [0.2, 0.25) is 0 Å². The molecule has 1 heterocycles. The highest BCUT2D eigenvalue weighted by Crippen LogP contribution is 2.28. The second-order valence-electron chi connectivity index (χ2n) is 6.93. The molecule has 4 heteroatoms. The van der Waals surface area contributed by atoms with Gasteiger partial charge in [-0.05, 0) is 42.7 Å². The molecule has 1 aliphatic heterocycles. The average Bonchev–Trinajstić information content (AvgIpc) is 2.96. The topological polar surface area (TPSA) is 40.6 Å². The number of rotatable bonds is 4. The molecule has 0 saturated carbocycles. The van der Waals surface area contributed by atoms with Crippen molar-refractivity contribution in [1.29, 1.82) is 0 Å². The summed E-state index contributed by atoms with van der Waals surface area (Å²) in [5.41, 5.74) is 4.23. The first-order valence-corrected chi connectivity index (χ1v) is 8.61. The van der Waals surface area contributed by atoms with Crippen LogP contribution in [0.5, 0.6) is 0 Å². The number of hydrogen-bond acceptors (Lipinski definition) is 2. The summed E-state index contributed by atoms with van der Waals surface area (Å²) in [5, 5.41) is 0. The number of hydrogen-bond donors (Lipinski definition) is 0. The zero-order chi connectivity index (χ0) is 18.0. The van der Waals surface area contributed by atoms with Crippen molar-refractivity contribution >= 4 is 17.5 Å². The quantitative estimate of drug-likeness (QED) is 0.859. The van der Waals surface area contributed by atoms with Crippen LogP contribution in [0.25, 0.3) is 0 Å². The van der Waals surface area contributed by atoms with E-state index in [0.29, 0.717) is 13.1 Å². The van der Waals surface area contributed by atoms with Gasteiger partial charge < -0.3 is 9.80 Å². The normalized spacial score (nSPS) is 17.0. The SMILES string of the molecule is Cc1cc(C)cc(N2CC(C(=O)N(C)Cc3ccccc3)CC2=O)c1. The number of nitrogens with zero attached hydrogens (tertiary/aromatic N) is 2. The van der Waals surface area contributed by atoms with Gasteiger partial charge >= 0.3 is 0 Å². The molecule has 1 fully saturated rings. The van der Waals surface area contributed by atoms with Crippen LogP contribution in [0, 0.1) is 19.8 Å². The van der Waals surface area contributed by atoms with Crippen LogP contribution in [0.15, 0.2) is 48.5 Å². The molecule has 4 nitrogen and oxygen atoms in total. The van der Waals surface area contributed by atoms with E-state index in [2.05, 4.69) is 6.07 Å². The fourth-order valence-electron chi connectivity index (χ4n) is 3.48. The van der Waals surface area contributed by atoms with Crippen LogP contribution in [-0.2, 0) is 16.1 Å². The van der Waals surface area contributed by atoms with Crippen molar-refractivity contribution in [3.63, 3.8) is 0 Å². The maximum atomic E-state index is 12.8. The number of amides is 2. The highest BCUT2D eigenvalue weighted by molar-refractivity contribution is 6.00. The van der Waals surface area contributed by atoms with E-state index in [9.17, 15) is 9.59 Å². The molecular weight excluding hydrogens is 312 g/mol. The molecule has 0 aliphatic carbocycles. The molecule has 2 aromatic carbocycles. The largest absolute Gasteiger partial charge is 0.341 e. The monoisotopic (exact) mass is 336 g/mol. The summed E-state index contributed by atoms with van der Waals surface area (Å²) in [6.45, 7) is 5.06. The molecular formula is C21H24N2O2. The molecule has 0 spiro atoms. The zero-order valence-electron chi connectivity index (χ0n) is 15.0. The molecule has 0 bridgehead atoms. The fraction of sp³-hybridized carbons (Fsp3) is 0.333. The standard InChI is InChI=1S/C21H24N2O2/c1-15-9-16(2)11-19(10-15)23-14-18(12-20(23)24)21(25)22(3)13-17-7-5-4-6-8-17/h4-11,18H,12-14H2,1-3H3. The molecule has 2 amide bonds. The molecule has 2 aromatic rings. The van der Waals surface area contributed by atoms with Crippen LogP contribution >= 0.6 is 0 Å². The maximum absolute atomic E-state index is 12.8. The Hall–Kier alpha value is -2.62. The van der Waals surface area contributed by atoms with Crippen LogP contribution < -0.4 is 4.90 Å². The Kier molecular flexibility index (Phi) is 4.88. The van der Waals surface area contributed by atoms with E-state index in [1.54, 1.807) is 16.8 Å². The van der Waals surface area contributed by atoms with Gasteiger partial charge in [-0.25, -0.2) is 0 Å². The molecule has 3 rings (SSSR count). The van der Waals surface area contributed by atoms with Gasteiger partial charge in [0.2, 0.25) is 11.8 Å². The summed E-state index contributed by atoms with van der Waals surface area (Å²) < 4.78 is 0. The van der Waals surface area contributed by atoms with Gasteiger partial charge in [-0.2, -0.15) is 0 Å². The molecule has 0 aromatic heterocycles. The van der Waals surface area contributed by atoms with E-state index in [-0.39, 0.29) is 24.2 Å². The number of anilines is 1. The Labute approximate surface area is 149 Å². The van der Waals surface area contributed by atoms with Crippen LogP contribution in [-0.4, -0.2) is 30.3 Å². The number of benzene rings is 2. The lowest BCUT2D eigenvalue weighted by Gasteiger charge is -2.22. The molecule has 25 heavy (non-hydrogen) atoms. The maximum Gasteiger partial charge on any atom is 0.228 e. The van der Waals surface area contributed by atoms with Gasteiger partial charge in [0.1, 0.15) is 0 Å². The van der Waals surface area contributed by atoms with Crippen molar-refractivity contribution in [1.82, 2.24) is 4.90 Å². The van der Waals surface area contributed by atoms with Crippen molar-refractivity contribution < 1.29 is 9.59 Å². The average molecular weight is 336 g/mol. The van der Waals surface area contributed by atoms with Gasteiger partial charge in [0.05, 0.1) is 5.92 Å². The first kappa shape index (κ1) is 17.2. The second-order valence-corrected chi connectivity index (χ2v) is 6.93. The van der Waals surface area contributed by atoms with Gasteiger partial charge in [-0.15, -0.1) is 0 Å². The van der Waals surface area contributed by atoms with E-state index in [0.717, 1.165) is 22.4 Å². The molecule has 130 valence electrons. The van der Waals surface area contributed by atoms with E-state index in [4.69, 9.17) is 0 Å². The lowest BCUT2D eigenvalue weighted by Crippen LogP contribution is -2.34. The third kappa shape index (κ3) is 3.90. The minimum Gasteiger partial charge on any atom is -0.341 e. The number of carbonyl (C=O) groups is 2. The predicted octanol–water partition coefficient (Wildman–Crippen LogP) is 3.31. The van der Waals surface area contributed by atoms with Crippen molar-refractivity contribution in [2.75, 3.05) is 18.5 Å². The van der Waals surface area contributed by atoms with Gasteiger partial charge in [-0.1, -0.05) is 36.4 Å². The molecule has 1 atom stereocenters. The predicted molar refractivity (Wildman–Crippen MR) is 99.3 cm³/mol. The molecule has 1 aliphatic rings. The van der Waals surface area contributed by atoms with Crippen molar-refractivity contribution in [2.45, 2.75) is 26.8 Å². The smallest absolute Gasteiger partial charge is 0.228 e. The Balaban J connectivity index is 1.70. The van der Waals surface area contributed by atoms with Crippen LogP contribution in [0.3, 0.4) is 0 Å². The summed E-state index contributed by atoms with van der Waals surface area (Å²) >= 11 is 0. The summed E-state index contributed by atoms with van der Waals surface area (Å²) in [6, 6.07) is 16.0. The molecule has 1 unspecified atom stereocenters. The van der Waals surface area contributed by atoms with Gasteiger partial charge in [-0.3, -0.25) is 9.59 Å². The Morgan fingerprint density at radius 3 is 2.40 bits per heavy atom. The third-order valence-electron chi connectivity index (χ3n) is 4.63. The minimum absolute atomic E-state index is 0.0245. The van der Waals surface area contributed by atoms with E-state index >= 15 is 0 Å². The van der Waals surface area contributed by atoms with Gasteiger partial charge in [0, 0.05) is 32.2 Å². The summed E-state index contributed by atoms with van der Waals surface area (Å²) in [4.78, 5) is 28.7. The summed E-state index contributed by atoms with van der Waals surface area (Å²) in [6.07, 6.45) is 0.283. The minimum atomic E-state index is -0.276. The lowest BCUT2D eigenvalue weighted by atomic mass is 10.1. The van der Waals surface area contributed by atoms with E-state index in [1.807, 2.05) is 56.3 Å². The first-order valence-electron chi connectivity index (χ1n) is 8.61. The second kappa shape index (κ2) is 7.09. The molecule has 0 radical (unpaired) electrons. The summed E-state index contributed by atoms with van der Waals surface area (Å²) in [5.74, 6) is -0.220. The number of carbonyl (C=O) groups excluding carboxylic acids is 2. The Bertz CT molecular complexity index is 765. The van der Waals surface area contributed by atoms with E-state index in [1.165, 1.54) is 0 Å². The highest BCUT2D eigenvalue weighted by atomic mass is 16.2. The summed E-state index contributed by atoms with van der Waals surface area (Å²) in [7, 11) is 1.80. The number of aryl methyl sites for hydroxylation is 2. The Morgan fingerprint density at radius 2 is 1.76 bits per heavy atom. The van der Waals surface area contributed by atoms with Crippen molar-refractivity contribution in [3.8, 4) is 0 Å². The lowest BCUT2D eigenvalue weighted by molar-refractivity contribution is -0.135. The molecule has 1 saturated heterocycles. The highest BCUT2D eigenvalue weighted by Gasteiger charge is 2.36. The van der Waals surface area contributed by atoms with Gasteiger partial charge in [0.25, 0.3) is 0 Å². The zero-order valence-corrected chi connectivity index (χ0v) is 15.0. The van der Waals surface area contributed by atoms with Crippen molar-refractivity contribution in [2.24, 2.45) is 5.92 Å². The first-order chi connectivity index (χ1) is 11.9. The molecule has 0 N–H and O–H groups in total. The van der Waals surface area contributed by atoms with Crippen LogP contribution in [0.1, 0.15) is 23.1 Å². The fourth-order valence-corrected chi connectivity index (χ4v) is 3.48. The Morgan fingerprint density at radius 1 is 1.12 bits per heavy atom. The van der Waals surface area contributed by atoms with Crippen molar-refractivity contribution in [3.05, 3.63) is 65.2 Å². The van der Waals surface area contributed by atoms with Crippen LogP contribution in [0.4, 0.5) is 5.69 Å². The third-order valence-corrected chi connectivity index (χ3v) is 4.63.